The first-order valence-corrected chi connectivity index (χ1v) is 13.6. The molecule has 0 aliphatic carbocycles. The maximum absolute atomic E-state index is 14.0. The van der Waals surface area contributed by atoms with Gasteiger partial charge in [0.15, 0.2) is 0 Å². The van der Waals surface area contributed by atoms with E-state index in [1.807, 2.05) is 25.0 Å². The molecular formula is C21H33FN4O4S2. The van der Waals surface area contributed by atoms with Crippen LogP contribution < -0.4 is 10.0 Å². The third-order valence-electron chi connectivity index (χ3n) is 5.40. The van der Waals surface area contributed by atoms with E-state index in [0.717, 1.165) is 12.5 Å². The molecule has 0 bridgehead atoms. The van der Waals surface area contributed by atoms with E-state index in [0.29, 0.717) is 38.4 Å². The monoisotopic (exact) mass is 488 g/mol. The zero-order chi connectivity index (χ0) is 23.7. The van der Waals surface area contributed by atoms with E-state index in [-0.39, 0.29) is 24.4 Å². The Kier molecular flexibility index (Phi) is 10.4. The second-order valence-corrected chi connectivity index (χ2v) is 10.5. The summed E-state index contributed by atoms with van der Waals surface area (Å²) in [4.78, 5) is 28.3. The average Bonchev–Trinajstić information content (AvgIpc) is 2.76. The van der Waals surface area contributed by atoms with Gasteiger partial charge in [0, 0.05) is 32.2 Å². The van der Waals surface area contributed by atoms with E-state index in [2.05, 4.69) is 10.0 Å². The van der Waals surface area contributed by atoms with E-state index in [9.17, 15) is 22.4 Å². The number of hydrogen-bond donors (Lipinski definition) is 2. The minimum absolute atomic E-state index is 0.0466. The summed E-state index contributed by atoms with van der Waals surface area (Å²) in [6.07, 6.45) is 3.02. The Morgan fingerprint density at radius 2 is 1.84 bits per heavy atom. The van der Waals surface area contributed by atoms with Gasteiger partial charge in [0.1, 0.15) is 16.8 Å². The van der Waals surface area contributed by atoms with Crippen molar-refractivity contribution in [1.82, 2.24) is 19.8 Å². The lowest BCUT2D eigenvalue weighted by Gasteiger charge is -2.36. The molecule has 1 fully saturated rings. The van der Waals surface area contributed by atoms with Gasteiger partial charge in [-0.1, -0.05) is 19.1 Å². The molecule has 1 aliphatic rings. The van der Waals surface area contributed by atoms with Crippen molar-refractivity contribution in [3.05, 3.63) is 30.1 Å². The van der Waals surface area contributed by atoms with Crippen LogP contribution in [-0.2, 0) is 19.6 Å². The van der Waals surface area contributed by atoms with E-state index < -0.39 is 26.8 Å². The highest BCUT2D eigenvalue weighted by atomic mass is 32.2. The number of amides is 2. The van der Waals surface area contributed by atoms with Crippen molar-refractivity contribution in [3.63, 3.8) is 0 Å². The molecule has 1 heterocycles. The van der Waals surface area contributed by atoms with Crippen LogP contribution >= 0.6 is 11.8 Å². The number of hydrogen-bond acceptors (Lipinski definition) is 6. The highest BCUT2D eigenvalue weighted by molar-refractivity contribution is 7.98. The second kappa shape index (κ2) is 12.5. The van der Waals surface area contributed by atoms with Crippen molar-refractivity contribution in [2.45, 2.75) is 43.7 Å². The molecule has 0 aromatic heterocycles. The zero-order valence-electron chi connectivity index (χ0n) is 18.8. The Morgan fingerprint density at radius 1 is 1.19 bits per heavy atom. The highest BCUT2D eigenvalue weighted by Crippen LogP contribution is 2.16. The van der Waals surface area contributed by atoms with Gasteiger partial charge in [0.2, 0.25) is 21.8 Å². The third-order valence-corrected chi connectivity index (χ3v) is 7.55. The molecule has 1 aromatic carbocycles. The van der Waals surface area contributed by atoms with Crippen LogP contribution in [0.4, 0.5) is 4.39 Å². The van der Waals surface area contributed by atoms with Crippen molar-refractivity contribution in [2.75, 3.05) is 44.7 Å². The van der Waals surface area contributed by atoms with Gasteiger partial charge in [-0.15, -0.1) is 0 Å². The standard InChI is InChI=1S/C21H33FN4O4S2/c1-4-16(2)23-20(27)15-25-10-12-26(13-11-25)21(28)18(9-14-31-3)24-32(29,30)19-8-6-5-7-17(19)22/h5-8,16,18,24H,4,9-15H2,1-3H3,(H,23,27). The Bertz CT molecular complexity index is 876. The summed E-state index contributed by atoms with van der Waals surface area (Å²) < 4.78 is 41.9. The Balaban J connectivity index is 2.00. The number of rotatable bonds is 11. The fourth-order valence-corrected chi connectivity index (χ4v) is 5.13. The normalized spacial score (nSPS) is 17.1. The number of carbonyl (C=O) groups is 2. The largest absolute Gasteiger partial charge is 0.353 e. The summed E-state index contributed by atoms with van der Waals surface area (Å²) >= 11 is 1.50. The van der Waals surface area contributed by atoms with Crippen molar-refractivity contribution < 1.29 is 22.4 Å². The van der Waals surface area contributed by atoms with Crippen LogP contribution in [0.25, 0.3) is 0 Å². The molecule has 1 aromatic rings. The number of nitrogens with one attached hydrogen (secondary N) is 2. The predicted molar refractivity (Wildman–Crippen MR) is 124 cm³/mol. The van der Waals surface area contributed by atoms with Gasteiger partial charge >= 0.3 is 0 Å². The predicted octanol–water partition coefficient (Wildman–Crippen LogP) is 1.28. The Hall–Kier alpha value is -1.69. The van der Waals surface area contributed by atoms with E-state index in [1.54, 1.807) is 4.90 Å². The van der Waals surface area contributed by atoms with Gasteiger partial charge in [-0.2, -0.15) is 16.5 Å². The lowest BCUT2D eigenvalue weighted by molar-refractivity contribution is -0.135. The summed E-state index contributed by atoms with van der Waals surface area (Å²) in [5, 5.41) is 2.93. The smallest absolute Gasteiger partial charge is 0.244 e. The summed E-state index contributed by atoms with van der Waals surface area (Å²) in [5.74, 6) is -0.663. The van der Waals surface area contributed by atoms with E-state index in [1.165, 1.54) is 30.0 Å². The molecule has 2 rings (SSSR count). The molecule has 2 atom stereocenters. The van der Waals surface area contributed by atoms with Gasteiger partial charge in [-0.3, -0.25) is 14.5 Å². The van der Waals surface area contributed by atoms with Crippen molar-refractivity contribution in [3.8, 4) is 0 Å². The SMILES string of the molecule is CCC(C)NC(=O)CN1CCN(C(=O)C(CCSC)NS(=O)(=O)c2ccccc2F)CC1. The lowest BCUT2D eigenvalue weighted by Crippen LogP contribution is -2.56. The quantitative estimate of drug-likeness (QED) is 0.487. The van der Waals surface area contributed by atoms with Crippen LogP contribution in [0.3, 0.4) is 0 Å². The third kappa shape index (κ3) is 7.72. The Labute approximate surface area is 194 Å². The molecule has 1 saturated heterocycles. The summed E-state index contributed by atoms with van der Waals surface area (Å²) in [6, 6.07) is 4.23. The van der Waals surface area contributed by atoms with Gasteiger partial charge in [0.25, 0.3) is 0 Å². The van der Waals surface area contributed by atoms with Crippen LogP contribution in [0, 0.1) is 5.82 Å². The number of thioether (sulfide) groups is 1. The average molecular weight is 489 g/mol. The summed E-state index contributed by atoms with van der Waals surface area (Å²) in [5.41, 5.74) is 0. The number of nitrogens with zero attached hydrogens (tertiary/aromatic N) is 2. The van der Waals surface area contributed by atoms with Crippen LogP contribution in [0.5, 0.6) is 0 Å². The zero-order valence-corrected chi connectivity index (χ0v) is 20.5. The molecular weight excluding hydrogens is 455 g/mol. The molecule has 2 unspecified atom stereocenters. The van der Waals surface area contributed by atoms with Gasteiger partial charge in [0.05, 0.1) is 6.54 Å². The maximum atomic E-state index is 14.0. The Morgan fingerprint density at radius 3 is 2.44 bits per heavy atom. The first-order valence-electron chi connectivity index (χ1n) is 10.7. The molecule has 11 heteroatoms. The fourth-order valence-electron chi connectivity index (χ4n) is 3.35. The molecule has 0 radical (unpaired) electrons. The first kappa shape index (κ1) is 26.6. The number of benzene rings is 1. The number of sulfonamides is 1. The fraction of sp³-hybridized carbons (Fsp3) is 0.619. The van der Waals surface area contributed by atoms with E-state index in [4.69, 9.17) is 0 Å². The van der Waals surface area contributed by atoms with Crippen LogP contribution in [0.1, 0.15) is 26.7 Å². The van der Waals surface area contributed by atoms with Crippen LogP contribution in [-0.4, -0.2) is 86.8 Å². The van der Waals surface area contributed by atoms with Crippen LogP contribution in [0.2, 0.25) is 0 Å². The van der Waals surface area contributed by atoms with Gasteiger partial charge < -0.3 is 10.2 Å². The van der Waals surface area contributed by atoms with Gasteiger partial charge in [-0.05, 0) is 43.9 Å². The topological polar surface area (TPSA) is 98.8 Å². The lowest BCUT2D eigenvalue weighted by atomic mass is 10.2. The van der Waals surface area contributed by atoms with Gasteiger partial charge in [-0.25, -0.2) is 12.8 Å². The van der Waals surface area contributed by atoms with Crippen molar-refractivity contribution in [1.29, 1.82) is 0 Å². The van der Waals surface area contributed by atoms with Crippen LogP contribution in [0.15, 0.2) is 29.2 Å². The van der Waals surface area contributed by atoms with E-state index >= 15 is 0 Å². The molecule has 0 saturated carbocycles. The number of halogens is 1. The molecule has 1 aliphatic heterocycles. The molecule has 0 spiro atoms. The van der Waals surface area contributed by atoms with Crippen molar-refractivity contribution >= 4 is 33.6 Å². The molecule has 2 amide bonds. The highest BCUT2D eigenvalue weighted by Gasteiger charge is 2.32. The first-order chi connectivity index (χ1) is 15.2. The molecule has 180 valence electrons. The minimum atomic E-state index is -4.19. The summed E-state index contributed by atoms with van der Waals surface area (Å²) in [6.45, 7) is 6.06. The maximum Gasteiger partial charge on any atom is 0.244 e. The molecule has 2 N–H and O–H groups in total. The minimum Gasteiger partial charge on any atom is -0.353 e. The molecule has 32 heavy (non-hydrogen) atoms. The number of carbonyl (C=O) groups excluding carboxylic acids is 2. The van der Waals surface area contributed by atoms with Crippen molar-refractivity contribution in [2.24, 2.45) is 0 Å². The summed E-state index contributed by atoms with van der Waals surface area (Å²) in [7, 11) is -4.19. The molecule has 8 nitrogen and oxygen atoms in total. The second-order valence-electron chi connectivity index (χ2n) is 7.86. The number of piperazine rings is 1.